The fraction of sp³-hybridized carbons (Fsp3) is 0.250. The molecule has 1 aliphatic rings. The molecule has 0 bridgehead atoms. The van der Waals surface area contributed by atoms with Gasteiger partial charge >= 0.3 is 0 Å². The lowest BCUT2D eigenvalue weighted by molar-refractivity contribution is 0.295. The molecule has 0 fully saturated rings. The third-order valence-electron chi connectivity index (χ3n) is 3.86. The van der Waals surface area contributed by atoms with Crippen LogP contribution in [-0.4, -0.2) is 18.5 Å². The van der Waals surface area contributed by atoms with Gasteiger partial charge in [0.25, 0.3) is 0 Å². The minimum absolute atomic E-state index is 0.0621. The molecule has 1 nitrogen and oxygen atoms in total. The van der Waals surface area contributed by atoms with E-state index in [1.807, 2.05) is 36.4 Å². The van der Waals surface area contributed by atoms with E-state index in [-0.39, 0.29) is 18.1 Å². The largest absolute Gasteiger partial charge is 0.301 e. The predicted molar refractivity (Wildman–Crippen MR) is 88.0 cm³/mol. The first-order valence-electron chi connectivity index (χ1n) is 6.64. The maximum absolute atomic E-state index is 12.9. The van der Waals surface area contributed by atoms with Gasteiger partial charge in [0.05, 0.1) is 12.1 Å². The SMILES string of the molecule is CN1Cc2ccc(SF)cc2C(c2c(Cl)cccc2Cl)C1. The highest BCUT2D eigenvalue weighted by molar-refractivity contribution is 7.94. The van der Waals surface area contributed by atoms with Crippen LogP contribution < -0.4 is 0 Å². The van der Waals surface area contributed by atoms with Gasteiger partial charge in [0, 0.05) is 33.9 Å². The molecule has 0 saturated carbocycles. The summed E-state index contributed by atoms with van der Waals surface area (Å²) in [6.07, 6.45) is 0. The molecule has 0 radical (unpaired) electrons. The van der Waals surface area contributed by atoms with E-state index in [1.54, 1.807) is 0 Å². The van der Waals surface area contributed by atoms with E-state index in [9.17, 15) is 3.89 Å². The molecule has 0 N–H and O–H groups in total. The molecule has 110 valence electrons. The maximum atomic E-state index is 12.9. The van der Waals surface area contributed by atoms with Crippen LogP contribution in [0.3, 0.4) is 0 Å². The molecule has 1 heterocycles. The first-order chi connectivity index (χ1) is 10.1. The minimum atomic E-state index is 0.0621. The summed E-state index contributed by atoms with van der Waals surface area (Å²) in [6, 6.07) is 11.3. The zero-order valence-electron chi connectivity index (χ0n) is 11.4. The van der Waals surface area contributed by atoms with Gasteiger partial charge in [-0.2, -0.15) is 3.89 Å². The Morgan fingerprint density at radius 2 is 1.90 bits per heavy atom. The van der Waals surface area contributed by atoms with Crippen molar-refractivity contribution >= 4 is 35.3 Å². The molecule has 0 aliphatic carbocycles. The number of likely N-dealkylation sites (N-methyl/N-ethyl adjacent to an activating group) is 1. The molecule has 3 rings (SSSR count). The Balaban J connectivity index is 2.16. The molecule has 2 aromatic carbocycles. The highest BCUT2D eigenvalue weighted by Crippen LogP contribution is 2.41. The van der Waals surface area contributed by atoms with Crippen molar-refractivity contribution in [3.63, 3.8) is 0 Å². The zero-order valence-corrected chi connectivity index (χ0v) is 13.8. The van der Waals surface area contributed by atoms with Gasteiger partial charge < -0.3 is 4.90 Å². The smallest absolute Gasteiger partial charge is 0.0812 e. The molecule has 21 heavy (non-hydrogen) atoms. The van der Waals surface area contributed by atoms with E-state index in [4.69, 9.17) is 23.2 Å². The minimum Gasteiger partial charge on any atom is -0.301 e. The summed E-state index contributed by atoms with van der Waals surface area (Å²) in [5, 5.41) is 1.32. The second-order valence-corrected chi connectivity index (χ2v) is 6.76. The number of fused-ring (bicyclic) bond motifs is 1. The van der Waals surface area contributed by atoms with E-state index in [1.165, 1.54) is 5.56 Å². The number of nitrogens with zero attached hydrogens (tertiary/aromatic N) is 1. The summed E-state index contributed by atoms with van der Waals surface area (Å²) in [5.74, 6) is 0.0621. The lowest BCUT2D eigenvalue weighted by Crippen LogP contribution is -2.31. The van der Waals surface area contributed by atoms with Crippen molar-refractivity contribution in [3.05, 3.63) is 63.1 Å². The third-order valence-corrected chi connectivity index (χ3v) is 4.96. The van der Waals surface area contributed by atoms with Gasteiger partial charge in [0.2, 0.25) is 0 Å². The van der Waals surface area contributed by atoms with Crippen molar-refractivity contribution in [2.45, 2.75) is 17.4 Å². The lowest BCUT2D eigenvalue weighted by atomic mass is 9.85. The van der Waals surface area contributed by atoms with Gasteiger partial charge in [-0.05, 0) is 48.0 Å². The highest BCUT2D eigenvalue weighted by Gasteiger charge is 2.28. The van der Waals surface area contributed by atoms with Crippen molar-refractivity contribution in [2.75, 3.05) is 13.6 Å². The molecular formula is C16H14Cl2FNS. The number of rotatable bonds is 2. The topological polar surface area (TPSA) is 3.24 Å². The van der Waals surface area contributed by atoms with Gasteiger partial charge in [0.1, 0.15) is 0 Å². The normalized spacial score (nSPS) is 18.6. The predicted octanol–water partition coefficient (Wildman–Crippen LogP) is 5.55. The van der Waals surface area contributed by atoms with Crippen LogP contribution in [0.1, 0.15) is 22.6 Å². The number of hydrogen-bond acceptors (Lipinski definition) is 2. The average molecular weight is 342 g/mol. The standard InChI is InChI=1S/C16H14Cl2FNS/c1-20-8-10-5-6-11(21-19)7-12(10)13(9-20)16-14(17)3-2-4-15(16)18/h2-7,13H,8-9H2,1H3. The summed E-state index contributed by atoms with van der Waals surface area (Å²) >= 11 is 13.0. The van der Waals surface area contributed by atoms with Gasteiger partial charge in [-0.25, -0.2) is 0 Å². The molecule has 1 aliphatic heterocycles. The highest BCUT2D eigenvalue weighted by atomic mass is 35.5. The van der Waals surface area contributed by atoms with Crippen molar-refractivity contribution < 1.29 is 3.89 Å². The maximum Gasteiger partial charge on any atom is 0.0812 e. The van der Waals surface area contributed by atoms with E-state index in [0.717, 1.165) is 24.2 Å². The molecule has 5 heteroatoms. The van der Waals surface area contributed by atoms with Gasteiger partial charge in [-0.15, -0.1) is 0 Å². The number of benzene rings is 2. The molecule has 2 aromatic rings. The van der Waals surface area contributed by atoms with E-state index in [0.29, 0.717) is 14.9 Å². The van der Waals surface area contributed by atoms with Crippen LogP contribution in [-0.2, 0) is 6.54 Å². The van der Waals surface area contributed by atoms with Crippen molar-refractivity contribution in [3.8, 4) is 0 Å². The molecule has 0 aromatic heterocycles. The van der Waals surface area contributed by atoms with Gasteiger partial charge in [-0.3, -0.25) is 0 Å². The van der Waals surface area contributed by atoms with Crippen LogP contribution in [0.25, 0.3) is 0 Å². The number of hydrogen-bond donors (Lipinski definition) is 0. The Hall–Kier alpha value is -0.740. The van der Waals surface area contributed by atoms with E-state index < -0.39 is 0 Å². The van der Waals surface area contributed by atoms with Gasteiger partial charge in [-0.1, -0.05) is 35.3 Å². The Kier molecular flexibility index (Phi) is 4.46. The first kappa shape index (κ1) is 15.2. The number of halogens is 3. The average Bonchev–Trinajstić information content (AvgIpc) is 2.46. The first-order valence-corrected chi connectivity index (χ1v) is 8.11. The molecular weight excluding hydrogens is 328 g/mol. The van der Waals surface area contributed by atoms with Crippen molar-refractivity contribution in [1.82, 2.24) is 4.90 Å². The summed E-state index contributed by atoms with van der Waals surface area (Å²) in [5.41, 5.74) is 3.24. The third kappa shape index (κ3) is 2.93. The molecule has 0 amide bonds. The van der Waals surface area contributed by atoms with Gasteiger partial charge in [0.15, 0.2) is 0 Å². The fourth-order valence-corrected chi connectivity index (χ4v) is 3.90. The monoisotopic (exact) mass is 341 g/mol. The Morgan fingerprint density at radius 1 is 1.19 bits per heavy atom. The lowest BCUT2D eigenvalue weighted by Gasteiger charge is -2.33. The van der Waals surface area contributed by atoms with E-state index in [2.05, 4.69) is 11.9 Å². The summed E-state index contributed by atoms with van der Waals surface area (Å²) < 4.78 is 12.9. The second-order valence-electron chi connectivity index (χ2n) is 5.32. The Morgan fingerprint density at radius 3 is 2.57 bits per heavy atom. The van der Waals surface area contributed by atoms with Crippen LogP contribution in [0.2, 0.25) is 10.0 Å². The molecule has 1 unspecified atom stereocenters. The van der Waals surface area contributed by atoms with Crippen LogP contribution >= 0.6 is 35.3 Å². The van der Waals surface area contributed by atoms with Crippen molar-refractivity contribution in [1.29, 1.82) is 0 Å². The van der Waals surface area contributed by atoms with Crippen LogP contribution in [0.5, 0.6) is 0 Å². The van der Waals surface area contributed by atoms with Crippen molar-refractivity contribution in [2.24, 2.45) is 0 Å². The van der Waals surface area contributed by atoms with Crippen LogP contribution in [0.4, 0.5) is 3.89 Å². The Labute approximate surface area is 138 Å². The summed E-state index contributed by atoms with van der Waals surface area (Å²) in [6.45, 7) is 1.67. The quantitative estimate of drug-likeness (QED) is 0.704. The second kappa shape index (κ2) is 6.17. The summed E-state index contributed by atoms with van der Waals surface area (Å²) in [4.78, 5) is 2.85. The Bertz CT molecular complexity index is 657. The fourth-order valence-electron chi connectivity index (χ4n) is 2.95. The molecule has 1 atom stereocenters. The van der Waals surface area contributed by atoms with Crippen LogP contribution in [0, 0.1) is 0 Å². The summed E-state index contributed by atoms with van der Waals surface area (Å²) in [7, 11) is 2.07. The molecule has 0 spiro atoms. The zero-order chi connectivity index (χ0) is 15.0. The molecule has 0 saturated heterocycles. The van der Waals surface area contributed by atoms with Crippen LogP contribution in [0.15, 0.2) is 41.3 Å². The van der Waals surface area contributed by atoms with E-state index >= 15 is 0 Å².